The van der Waals surface area contributed by atoms with Crippen molar-refractivity contribution in [2.45, 2.75) is 26.1 Å². The van der Waals surface area contributed by atoms with E-state index in [0.29, 0.717) is 10.9 Å². The molecule has 2 aromatic heterocycles. The molecule has 21 heavy (non-hydrogen) atoms. The molecule has 0 atom stereocenters. The molecular weight excluding hydrogens is 307 g/mol. The summed E-state index contributed by atoms with van der Waals surface area (Å²) in [5, 5.41) is 5.22. The highest BCUT2D eigenvalue weighted by molar-refractivity contribution is 6.32. The Morgan fingerprint density at radius 2 is 2.05 bits per heavy atom. The van der Waals surface area contributed by atoms with Crippen LogP contribution in [-0.4, -0.2) is 19.3 Å². The van der Waals surface area contributed by atoms with Crippen LogP contribution in [0.15, 0.2) is 18.2 Å². The molecule has 4 nitrogen and oxygen atoms in total. The van der Waals surface area contributed by atoms with Crippen molar-refractivity contribution >= 4 is 34.4 Å². The van der Waals surface area contributed by atoms with Gasteiger partial charge in [0, 0.05) is 7.05 Å². The van der Waals surface area contributed by atoms with E-state index in [1.807, 2.05) is 41.4 Å². The average molecular weight is 323 g/mol. The summed E-state index contributed by atoms with van der Waals surface area (Å²) in [7, 11) is 1.92. The molecule has 0 radical (unpaired) electrons. The van der Waals surface area contributed by atoms with Gasteiger partial charge in [-0.15, -0.1) is 11.6 Å². The van der Waals surface area contributed by atoms with Gasteiger partial charge in [-0.3, -0.25) is 4.57 Å². The summed E-state index contributed by atoms with van der Waals surface area (Å²) in [6.07, 6.45) is 0.831. The minimum absolute atomic E-state index is 0.322. The van der Waals surface area contributed by atoms with Crippen LogP contribution in [0.25, 0.3) is 16.9 Å². The van der Waals surface area contributed by atoms with Gasteiger partial charge in [-0.25, -0.2) is 9.67 Å². The topological polar surface area (TPSA) is 35.6 Å². The van der Waals surface area contributed by atoms with Gasteiger partial charge in [0.2, 0.25) is 0 Å². The molecule has 0 N–H and O–H groups in total. The number of rotatable bonds is 3. The van der Waals surface area contributed by atoms with Gasteiger partial charge in [0.25, 0.3) is 0 Å². The lowest BCUT2D eigenvalue weighted by Gasteiger charge is -2.13. The van der Waals surface area contributed by atoms with E-state index in [2.05, 4.69) is 17.0 Å². The zero-order chi connectivity index (χ0) is 15.1. The van der Waals surface area contributed by atoms with E-state index >= 15 is 0 Å². The van der Waals surface area contributed by atoms with E-state index in [0.717, 1.165) is 40.4 Å². The summed E-state index contributed by atoms with van der Waals surface area (Å²) in [6.45, 7) is 4.10. The van der Waals surface area contributed by atoms with Crippen molar-refractivity contribution < 1.29 is 0 Å². The van der Waals surface area contributed by atoms with Crippen molar-refractivity contribution in [2.24, 2.45) is 7.05 Å². The minimum atomic E-state index is 0.322. The Labute approximate surface area is 133 Å². The van der Waals surface area contributed by atoms with Gasteiger partial charge >= 0.3 is 0 Å². The highest BCUT2D eigenvalue weighted by Gasteiger charge is 2.21. The summed E-state index contributed by atoms with van der Waals surface area (Å²) >= 11 is 12.5. The molecule has 0 saturated carbocycles. The summed E-state index contributed by atoms with van der Waals surface area (Å²) in [4.78, 5) is 4.67. The van der Waals surface area contributed by atoms with Gasteiger partial charge in [-0.2, -0.15) is 5.10 Å². The Balaban J connectivity index is 2.44. The quantitative estimate of drug-likeness (QED) is 0.683. The lowest BCUT2D eigenvalue weighted by Crippen LogP contribution is -2.06. The lowest BCUT2D eigenvalue weighted by atomic mass is 10.2. The second kappa shape index (κ2) is 5.35. The molecule has 0 fully saturated rings. The Morgan fingerprint density at radius 3 is 2.67 bits per heavy atom. The van der Waals surface area contributed by atoms with E-state index in [-0.39, 0.29) is 0 Å². The van der Waals surface area contributed by atoms with E-state index in [9.17, 15) is 0 Å². The van der Waals surface area contributed by atoms with Gasteiger partial charge in [0.15, 0.2) is 5.65 Å². The fraction of sp³-hybridized carbons (Fsp3) is 0.333. The molecule has 0 amide bonds. The number of benzene rings is 1. The first-order valence-corrected chi connectivity index (χ1v) is 7.74. The van der Waals surface area contributed by atoms with E-state index in [1.54, 1.807) is 0 Å². The summed E-state index contributed by atoms with van der Waals surface area (Å²) < 4.78 is 3.87. The second-order valence-corrected chi connectivity index (χ2v) is 5.67. The van der Waals surface area contributed by atoms with Crippen LogP contribution in [0.5, 0.6) is 0 Å². The SMILES string of the molecule is CCc1nn(C)c2c1nc(CCl)n2-c1c(C)cccc1Cl. The molecule has 3 aromatic rings. The van der Waals surface area contributed by atoms with E-state index < -0.39 is 0 Å². The molecule has 0 saturated heterocycles. The highest BCUT2D eigenvalue weighted by atomic mass is 35.5. The largest absolute Gasteiger partial charge is 0.278 e. The fourth-order valence-electron chi connectivity index (χ4n) is 2.69. The number of aromatic nitrogens is 4. The normalized spacial score (nSPS) is 11.5. The number of para-hydroxylation sites is 1. The lowest BCUT2D eigenvalue weighted by molar-refractivity contribution is 0.744. The van der Waals surface area contributed by atoms with E-state index in [1.165, 1.54) is 0 Å². The second-order valence-electron chi connectivity index (χ2n) is 5.00. The zero-order valence-corrected chi connectivity index (χ0v) is 13.7. The van der Waals surface area contributed by atoms with Crippen LogP contribution in [0.2, 0.25) is 5.02 Å². The number of aryl methyl sites for hydroxylation is 3. The zero-order valence-electron chi connectivity index (χ0n) is 12.2. The molecule has 0 aliphatic rings. The van der Waals surface area contributed by atoms with Gasteiger partial charge in [0.1, 0.15) is 11.3 Å². The van der Waals surface area contributed by atoms with Crippen LogP contribution in [0.4, 0.5) is 0 Å². The van der Waals surface area contributed by atoms with E-state index in [4.69, 9.17) is 23.2 Å². The molecule has 0 bridgehead atoms. The molecule has 2 heterocycles. The third-order valence-electron chi connectivity index (χ3n) is 3.64. The van der Waals surface area contributed by atoms with Crippen molar-refractivity contribution in [1.29, 1.82) is 0 Å². The van der Waals surface area contributed by atoms with Gasteiger partial charge in [-0.1, -0.05) is 30.7 Å². The van der Waals surface area contributed by atoms with Crippen molar-refractivity contribution in [1.82, 2.24) is 19.3 Å². The summed E-state index contributed by atoms with van der Waals surface area (Å²) in [6, 6.07) is 5.85. The predicted octanol–water partition coefficient (Wildman–Crippen LogP) is 4.02. The molecular formula is C15H16Cl2N4. The number of halogens is 2. The van der Waals surface area contributed by atoms with Gasteiger partial charge < -0.3 is 0 Å². The number of fused-ring (bicyclic) bond motifs is 1. The van der Waals surface area contributed by atoms with Crippen LogP contribution in [0.3, 0.4) is 0 Å². The summed E-state index contributed by atoms with van der Waals surface area (Å²) in [5.41, 5.74) is 4.80. The number of alkyl halides is 1. The van der Waals surface area contributed by atoms with Crippen molar-refractivity contribution in [2.75, 3.05) is 0 Å². The maximum Gasteiger partial charge on any atom is 0.163 e. The number of nitrogens with zero attached hydrogens (tertiary/aromatic N) is 4. The Bertz CT molecular complexity index is 797. The fourth-order valence-corrected chi connectivity index (χ4v) is 3.18. The van der Waals surface area contributed by atoms with Crippen LogP contribution in [0, 0.1) is 6.92 Å². The molecule has 1 aromatic carbocycles. The monoisotopic (exact) mass is 322 g/mol. The maximum absolute atomic E-state index is 6.42. The van der Waals surface area contributed by atoms with Crippen molar-refractivity contribution in [3.05, 3.63) is 40.3 Å². The van der Waals surface area contributed by atoms with Crippen LogP contribution in [-0.2, 0) is 19.3 Å². The highest BCUT2D eigenvalue weighted by Crippen LogP contribution is 2.31. The molecule has 0 aliphatic carbocycles. The first-order chi connectivity index (χ1) is 10.1. The van der Waals surface area contributed by atoms with Gasteiger partial charge in [0.05, 0.1) is 22.3 Å². The average Bonchev–Trinajstić information content (AvgIpc) is 2.97. The molecule has 0 aliphatic heterocycles. The van der Waals surface area contributed by atoms with Crippen molar-refractivity contribution in [3.8, 4) is 5.69 Å². The predicted molar refractivity (Wildman–Crippen MR) is 86.5 cm³/mol. The Morgan fingerprint density at radius 1 is 1.29 bits per heavy atom. The standard InChI is InChI=1S/C15H16Cl2N4/c1-4-11-13-15(20(3)19-11)21(12(8-16)18-13)14-9(2)6-5-7-10(14)17/h5-7H,4,8H2,1-3H3. The molecule has 3 rings (SSSR count). The third-order valence-corrected chi connectivity index (χ3v) is 4.18. The smallest absolute Gasteiger partial charge is 0.163 e. The van der Waals surface area contributed by atoms with Crippen LogP contribution < -0.4 is 0 Å². The molecule has 0 unspecified atom stereocenters. The Kier molecular flexibility index (Phi) is 3.68. The van der Waals surface area contributed by atoms with Gasteiger partial charge in [-0.05, 0) is 25.0 Å². The number of imidazole rings is 1. The maximum atomic E-state index is 6.42. The minimum Gasteiger partial charge on any atom is -0.278 e. The molecule has 110 valence electrons. The Hall–Kier alpha value is -1.52. The number of hydrogen-bond acceptors (Lipinski definition) is 2. The first kappa shape index (κ1) is 14.4. The number of hydrogen-bond donors (Lipinski definition) is 0. The molecule has 0 spiro atoms. The molecule has 6 heteroatoms. The third kappa shape index (κ3) is 2.14. The summed E-state index contributed by atoms with van der Waals surface area (Å²) in [5.74, 6) is 1.10. The van der Waals surface area contributed by atoms with Crippen LogP contribution >= 0.6 is 23.2 Å². The van der Waals surface area contributed by atoms with Crippen molar-refractivity contribution in [3.63, 3.8) is 0 Å². The first-order valence-electron chi connectivity index (χ1n) is 6.83. The van der Waals surface area contributed by atoms with Crippen LogP contribution in [0.1, 0.15) is 24.0 Å².